The van der Waals surface area contributed by atoms with Crippen LogP contribution < -0.4 is 5.32 Å². The molecule has 134 valence electrons. The lowest BCUT2D eigenvalue weighted by molar-refractivity contribution is -0.173. The highest BCUT2D eigenvalue weighted by Crippen LogP contribution is 2.31. The van der Waals surface area contributed by atoms with Gasteiger partial charge in [0.25, 0.3) is 0 Å². The number of aliphatic hydroxyl groups is 2. The zero-order chi connectivity index (χ0) is 17.3. The highest BCUT2D eigenvalue weighted by Gasteiger charge is 2.43. The molecule has 0 aromatic rings. The second-order valence-corrected chi connectivity index (χ2v) is 7.83. The highest BCUT2D eigenvalue weighted by molar-refractivity contribution is 5.72. The quantitative estimate of drug-likeness (QED) is 0.574. The molecule has 2 fully saturated rings. The van der Waals surface area contributed by atoms with E-state index in [2.05, 4.69) is 5.32 Å². The first kappa shape index (κ1) is 18.6. The van der Waals surface area contributed by atoms with Gasteiger partial charge in [0.05, 0.1) is 17.6 Å². The van der Waals surface area contributed by atoms with Gasteiger partial charge >= 0.3 is 5.97 Å². The molecule has 3 unspecified atom stereocenters. The van der Waals surface area contributed by atoms with Gasteiger partial charge < -0.3 is 25.0 Å². The summed E-state index contributed by atoms with van der Waals surface area (Å²) in [5.41, 5.74) is -2.13. The summed E-state index contributed by atoms with van der Waals surface area (Å²) in [6, 6.07) is -0.0809. The number of carbonyl (C=O) groups is 1. The van der Waals surface area contributed by atoms with E-state index in [1.165, 1.54) is 0 Å². The van der Waals surface area contributed by atoms with Crippen LogP contribution in [0.2, 0.25) is 0 Å². The summed E-state index contributed by atoms with van der Waals surface area (Å²) in [5, 5.41) is 24.8. The Balaban J connectivity index is 2.32. The largest absolute Gasteiger partial charge is 0.462 e. The molecule has 0 spiro atoms. The molecule has 0 aromatic heterocycles. The molecule has 0 saturated carbocycles. The van der Waals surface area contributed by atoms with Crippen molar-refractivity contribution in [1.82, 2.24) is 5.32 Å². The third-order valence-corrected chi connectivity index (χ3v) is 4.96. The van der Waals surface area contributed by atoms with Crippen LogP contribution in [0.1, 0.15) is 53.4 Å². The Bertz CT molecular complexity index is 423. The SMILES string of the molecule is CC1C[C@H]2C[C@](C)(O)CCCNC(C)C(O2)[C@](C)(O)COC1=O. The average molecular weight is 329 g/mol. The van der Waals surface area contributed by atoms with Gasteiger partial charge in [-0.1, -0.05) is 6.92 Å². The third-order valence-electron chi connectivity index (χ3n) is 4.96. The molecule has 2 aliphatic rings. The minimum absolute atomic E-state index is 0.0809. The minimum Gasteiger partial charge on any atom is -0.462 e. The Kier molecular flexibility index (Phi) is 5.72. The lowest BCUT2D eigenvalue weighted by atomic mass is 9.87. The Morgan fingerprint density at radius 2 is 1.96 bits per heavy atom. The highest BCUT2D eigenvalue weighted by atomic mass is 16.6. The maximum atomic E-state index is 12.1. The van der Waals surface area contributed by atoms with Crippen molar-refractivity contribution in [2.24, 2.45) is 5.92 Å². The lowest BCUT2D eigenvalue weighted by Crippen LogP contribution is -2.57. The molecule has 2 saturated heterocycles. The van der Waals surface area contributed by atoms with Gasteiger partial charge in [-0.25, -0.2) is 0 Å². The summed E-state index contributed by atoms with van der Waals surface area (Å²) in [5.74, 6) is -0.647. The van der Waals surface area contributed by atoms with Crippen molar-refractivity contribution in [1.29, 1.82) is 0 Å². The van der Waals surface area contributed by atoms with Crippen LogP contribution in [-0.2, 0) is 14.3 Å². The van der Waals surface area contributed by atoms with E-state index >= 15 is 0 Å². The molecule has 0 amide bonds. The molecule has 0 aliphatic carbocycles. The number of hydrogen-bond acceptors (Lipinski definition) is 6. The second-order valence-electron chi connectivity index (χ2n) is 7.83. The number of fused-ring (bicyclic) bond motifs is 2. The second kappa shape index (κ2) is 7.05. The summed E-state index contributed by atoms with van der Waals surface area (Å²) >= 11 is 0. The number of rotatable bonds is 0. The molecule has 6 heteroatoms. The number of nitrogens with one attached hydrogen (secondary N) is 1. The number of cyclic esters (lactones) is 1. The van der Waals surface area contributed by atoms with Gasteiger partial charge in [0.15, 0.2) is 0 Å². The van der Waals surface area contributed by atoms with E-state index in [4.69, 9.17) is 9.47 Å². The monoisotopic (exact) mass is 329 g/mol. The van der Waals surface area contributed by atoms with Crippen molar-refractivity contribution in [3.05, 3.63) is 0 Å². The van der Waals surface area contributed by atoms with E-state index in [0.29, 0.717) is 19.3 Å². The average Bonchev–Trinajstić information content (AvgIpc) is 2.47. The van der Waals surface area contributed by atoms with Crippen LogP contribution in [0.15, 0.2) is 0 Å². The number of carbonyl (C=O) groups excluding carboxylic acids is 1. The van der Waals surface area contributed by atoms with Crippen LogP contribution in [0.5, 0.6) is 0 Å². The van der Waals surface area contributed by atoms with Crippen LogP contribution in [0.25, 0.3) is 0 Å². The van der Waals surface area contributed by atoms with Crippen LogP contribution in [0, 0.1) is 5.92 Å². The predicted molar refractivity (Wildman–Crippen MR) is 86.0 cm³/mol. The number of hydrogen-bond donors (Lipinski definition) is 3. The van der Waals surface area contributed by atoms with Gasteiger partial charge in [0.2, 0.25) is 0 Å². The zero-order valence-electron chi connectivity index (χ0n) is 14.7. The molecular formula is C17H31NO5. The first-order valence-corrected chi connectivity index (χ1v) is 8.61. The first-order chi connectivity index (χ1) is 10.6. The summed E-state index contributed by atoms with van der Waals surface area (Å²) in [6.45, 7) is 7.88. The molecule has 0 aromatic carbocycles. The van der Waals surface area contributed by atoms with E-state index in [-0.39, 0.29) is 30.6 Å². The van der Waals surface area contributed by atoms with Crippen LogP contribution >= 0.6 is 0 Å². The van der Waals surface area contributed by atoms with Crippen molar-refractivity contribution >= 4 is 5.97 Å². The van der Waals surface area contributed by atoms with Crippen molar-refractivity contribution in [2.45, 2.75) is 82.8 Å². The van der Waals surface area contributed by atoms with Gasteiger partial charge in [0, 0.05) is 12.5 Å². The summed E-state index contributed by atoms with van der Waals surface area (Å²) < 4.78 is 11.5. The zero-order valence-corrected chi connectivity index (χ0v) is 14.7. The Morgan fingerprint density at radius 1 is 1.26 bits per heavy atom. The summed E-state index contributed by atoms with van der Waals surface area (Å²) in [7, 11) is 0. The standard InChI is InChI=1S/C17H31NO5/c1-11-8-13-9-16(3,20)6-5-7-18-12(2)14(23-13)17(4,21)10-22-15(11)19/h11-14,18,20-21H,5-10H2,1-4H3/t11?,12?,13-,14?,16+,17+/m0/s1. The van der Waals surface area contributed by atoms with E-state index < -0.39 is 17.3 Å². The molecule has 2 heterocycles. The van der Waals surface area contributed by atoms with Gasteiger partial charge in [0.1, 0.15) is 18.3 Å². The maximum Gasteiger partial charge on any atom is 0.308 e. The molecule has 23 heavy (non-hydrogen) atoms. The third kappa shape index (κ3) is 4.89. The van der Waals surface area contributed by atoms with Gasteiger partial charge in [-0.15, -0.1) is 0 Å². The maximum absolute atomic E-state index is 12.1. The number of esters is 1. The Labute approximate surface area is 138 Å². The molecular weight excluding hydrogens is 298 g/mol. The number of ether oxygens (including phenoxy) is 2. The van der Waals surface area contributed by atoms with Gasteiger partial charge in [-0.2, -0.15) is 0 Å². The van der Waals surface area contributed by atoms with Crippen molar-refractivity contribution < 1.29 is 24.5 Å². The molecule has 2 aliphatic heterocycles. The summed E-state index contributed by atoms with van der Waals surface area (Å²) in [6.07, 6.45) is 1.64. The van der Waals surface area contributed by atoms with Crippen molar-refractivity contribution in [3.63, 3.8) is 0 Å². The first-order valence-electron chi connectivity index (χ1n) is 8.61. The van der Waals surface area contributed by atoms with E-state index in [9.17, 15) is 15.0 Å². The molecule has 3 N–H and O–H groups in total. The molecule has 6 atom stereocenters. The fourth-order valence-electron chi connectivity index (χ4n) is 3.63. The Morgan fingerprint density at radius 3 is 2.65 bits per heavy atom. The normalized spacial score (nSPS) is 47.0. The van der Waals surface area contributed by atoms with Crippen LogP contribution in [0.3, 0.4) is 0 Å². The van der Waals surface area contributed by atoms with Crippen molar-refractivity contribution in [2.75, 3.05) is 13.2 Å². The smallest absolute Gasteiger partial charge is 0.308 e. The van der Waals surface area contributed by atoms with Crippen LogP contribution in [0.4, 0.5) is 0 Å². The van der Waals surface area contributed by atoms with E-state index in [1.54, 1.807) is 13.8 Å². The van der Waals surface area contributed by atoms with E-state index in [0.717, 1.165) is 13.0 Å². The van der Waals surface area contributed by atoms with Crippen LogP contribution in [-0.4, -0.2) is 58.8 Å². The predicted octanol–water partition coefficient (Wildman–Crippen LogP) is 0.987. The van der Waals surface area contributed by atoms with E-state index in [1.807, 2.05) is 13.8 Å². The topological polar surface area (TPSA) is 88.0 Å². The fraction of sp³-hybridized carbons (Fsp3) is 0.941. The molecule has 0 radical (unpaired) electrons. The fourth-order valence-corrected chi connectivity index (χ4v) is 3.63. The Hall–Kier alpha value is -0.690. The minimum atomic E-state index is -1.28. The lowest BCUT2D eigenvalue weighted by Gasteiger charge is -2.40. The molecule has 6 nitrogen and oxygen atoms in total. The van der Waals surface area contributed by atoms with Gasteiger partial charge in [-0.05, 0) is 46.6 Å². The molecule has 2 rings (SSSR count). The van der Waals surface area contributed by atoms with Crippen molar-refractivity contribution in [3.8, 4) is 0 Å². The summed E-state index contributed by atoms with van der Waals surface area (Å²) in [4.78, 5) is 12.1. The molecule has 2 bridgehead atoms. The van der Waals surface area contributed by atoms with Gasteiger partial charge in [-0.3, -0.25) is 4.79 Å².